The molecular weight excluding hydrogens is 496 g/mol. The van der Waals surface area contributed by atoms with Crippen molar-refractivity contribution in [1.29, 1.82) is 0 Å². The van der Waals surface area contributed by atoms with E-state index in [1.54, 1.807) is 44.2 Å². The zero-order valence-electron chi connectivity index (χ0n) is 19.8. The fraction of sp³-hybridized carbons (Fsp3) is 0.208. The van der Waals surface area contributed by atoms with Gasteiger partial charge in [0.05, 0.1) is 21.0 Å². The topological polar surface area (TPSA) is 139 Å². The number of benzene rings is 2. The maximum atomic E-state index is 14.1. The van der Waals surface area contributed by atoms with Crippen LogP contribution in [0.15, 0.2) is 65.2 Å². The lowest BCUT2D eigenvalue weighted by atomic mass is 9.93. The summed E-state index contributed by atoms with van der Waals surface area (Å²) in [6.07, 6.45) is -2.03. The van der Waals surface area contributed by atoms with Gasteiger partial charge in [-0.1, -0.05) is 22.4 Å². The molecule has 2 N–H and O–H groups in total. The average molecular weight is 520 g/mol. The predicted octanol–water partition coefficient (Wildman–Crippen LogP) is 3.92. The van der Waals surface area contributed by atoms with Gasteiger partial charge in [-0.25, -0.2) is 14.3 Å². The molecule has 0 saturated carbocycles. The second-order valence-corrected chi connectivity index (χ2v) is 9.55. The number of non-ortho nitro benzene ring substituents is 1. The van der Waals surface area contributed by atoms with Crippen molar-refractivity contribution in [3.05, 3.63) is 98.4 Å². The fourth-order valence-corrected chi connectivity index (χ4v) is 4.94. The Labute approximate surface area is 206 Å². The molecule has 2 heterocycles. The molecule has 0 bridgehead atoms. The second kappa shape index (κ2) is 9.63. The number of pyridine rings is 1. The van der Waals surface area contributed by atoms with Gasteiger partial charge in [0.2, 0.25) is 5.69 Å². The van der Waals surface area contributed by atoms with E-state index in [2.05, 4.69) is 0 Å². The number of aromatic nitrogens is 1. The Morgan fingerprint density at radius 1 is 1.03 bits per heavy atom. The van der Waals surface area contributed by atoms with E-state index in [4.69, 9.17) is 10.6 Å². The van der Waals surface area contributed by atoms with E-state index in [0.29, 0.717) is 16.8 Å². The zero-order valence-corrected chi connectivity index (χ0v) is 20.6. The second-order valence-electron chi connectivity index (χ2n) is 8.23. The van der Waals surface area contributed by atoms with Crippen LogP contribution < -0.4 is 15.3 Å². The Morgan fingerprint density at radius 3 is 2.17 bits per heavy atom. The third kappa shape index (κ3) is 5.34. The maximum Gasteiger partial charge on any atom is 0.423 e. The van der Waals surface area contributed by atoms with Crippen LogP contribution in [-0.2, 0) is 10.1 Å². The van der Waals surface area contributed by atoms with Crippen LogP contribution in [0.4, 0.5) is 14.5 Å². The largest absolute Gasteiger partial charge is 0.744 e. The van der Waals surface area contributed by atoms with E-state index in [-0.39, 0.29) is 33.0 Å². The molecule has 0 radical (unpaired) electrons. The molecule has 0 spiro atoms. The lowest BCUT2D eigenvalue weighted by Gasteiger charge is -2.27. The maximum absolute atomic E-state index is 14.1. The number of fused-ring (bicyclic) bond motifs is 1. The molecule has 1 aliphatic rings. The number of rotatable bonds is 3. The molecule has 36 heavy (non-hydrogen) atoms. The number of nitro groups is 1. The van der Waals surface area contributed by atoms with Gasteiger partial charge in [-0.15, -0.1) is 0 Å². The summed E-state index contributed by atoms with van der Waals surface area (Å²) in [5.74, 6) is 5.69. The molecule has 12 heteroatoms. The number of halogens is 2. The zero-order chi connectivity index (χ0) is 27.0. The highest BCUT2D eigenvalue weighted by molar-refractivity contribution is 7.85. The van der Waals surface area contributed by atoms with Crippen molar-refractivity contribution >= 4 is 21.4 Å². The van der Waals surface area contributed by atoms with Crippen molar-refractivity contribution in [2.45, 2.75) is 38.7 Å². The van der Waals surface area contributed by atoms with Crippen molar-refractivity contribution in [2.24, 2.45) is 0 Å². The number of hydrogen-bond donors (Lipinski definition) is 1. The molecule has 0 amide bonds. The highest BCUT2D eigenvalue weighted by atomic mass is 32.2. The van der Waals surface area contributed by atoms with Crippen LogP contribution in [0, 0.1) is 30.9 Å². The SMILES string of the molecule is CC1=C(c2cccc[n+]2N)c2cc([N+](=O)[O-])ccc2OC1(F)F.Cc1cc(C)c(S(=O)(=O)[O-])c(C)c1. The summed E-state index contributed by atoms with van der Waals surface area (Å²) in [6.45, 7) is 6.33. The molecule has 0 aliphatic carbocycles. The lowest BCUT2D eigenvalue weighted by molar-refractivity contribution is -0.641. The van der Waals surface area contributed by atoms with Gasteiger partial charge in [-0.3, -0.25) is 10.1 Å². The summed E-state index contributed by atoms with van der Waals surface area (Å²) >= 11 is 0. The van der Waals surface area contributed by atoms with Crippen LogP contribution in [0.3, 0.4) is 0 Å². The minimum atomic E-state index is -4.33. The van der Waals surface area contributed by atoms with Crippen LogP contribution in [0.1, 0.15) is 34.9 Å². The third-order valence-electron chi connectivity index (χ3n) is 5.49. The molecule has 0 unspecified atom stereocenters. The van der Waals surface area contributed by atoms with Gasteiger partial charge >= 0.3 is 6.11 Å². The minimum Gasteiger partial charge on any atom is -0.744 e. The van der Waals surface area contributed by atoms with Gasteiger partial charge < -0.3 is 9.29 Å². The smallest absolute Gasteiger partial charge is 0.423 e. The summed E-state index contributed by atoms with van der Waals surface area (Å²) in [7, 11) is -4.33. The van der Waals surface area contributed by atoms with Crippen LogP contribution in [0.5, 0.6) is 5.75 Å². The Bertz CT molecular complexity index is 1480. The quantitative estimate of drug-likeness (QED) is 0.182. The normalized spacial score (nSPS) is 14.3. The molecule has 0 fully saturated rings. The lowest BCUT2D eigenvalue weighted by Crippen LogP contribution is -2.48. The molecule has 9 nitrogen and oxygen atoms in total. The van der Waals surface area contributed by atoms with Crippen LogP contribution >= 0.6 is 0 Å². The Kier molecular flexibility index (Phi) is 7.14. The van der Waals surface area contributed by atoms with Gasteiger partial charge in [0, 0.05) is 29.8 Å². The molecule has 1 aromatic heterocycles. The first-order valence-electron chi connectivity index (χ1n) is 10.5. The van der Waals surface area contributed by atoms with E-state index < -0.39 is 21.2 Å². The summed E-state index contributed by atoms with van der Waals surface area (Å²) in [4.78, 5) is 10.3. The molecule has 1 aliphatic heterocycles. The van der Waals surface area contributed by atoms with Crippen molar-refractivity contribution in [1.82, 2.24) is 0 Å². The summed E-state index contributed by atoms with van der Waals surface area (Å²) in [5, 5.41) is 11.0. The Hall–Kier alpha value is -3.90. The van der Waals surface area contributed by atoms with Gasteiger partial charge in [0.15, 0.2) is 6.20 Å². The first-order chi connectivity index (χ1) is 16.6. The predicted molar refractivity (Wildman–Crippen MR) is 126 cm³/mol. The van der Waals surface area contributed by atoms with Crippen LogP contribution in [0.25, 0.3) is 5.57 Å². The summed E-state index contributed by atoms with van der Waals surface area (Å²) in [5.41, 5.74) is 2.03. The van der Waals surface area contributed by atoms with E-state index in [9.17, 15) is 31.9 Å². The number of nitrogens with zero attached hydrogens (tertiary/aromatic N) is 2. The molecule has 4 rings (SSSR count). The molecule has 2 aromatic carbocycles. The minimum absolute atomic E-state index is 0.0851. The van der Waals surface area contributed by atoms with E-state index >= 15 is 0 Å². The molecular formula is C24H23F2N3O6S. The summed E-state index contributed by atoms with van der Waals surface area (Å²) < 4.78 is 66.6. The number of nitro benzene ring substituents is 1. The Balaban J connectivity index is 0.000000236. The molecule has 3 aromatic rings. The first-order valence-corrected chi connectivity index (χ1v) is 11.9. The molecule has 190 valence electrons. The van der Waals surface area contributed by atoms with Crippen molar-refractivity contribution < 1.29 is 36.1 Å². The van der Waals surface area contributed by atoms with Crippen LogP contribution in [-0.4, -0.2) is 24.0 Å². The first kappa shape index (κ1) is 26.7. The highest BCUT2D eigenvalue weighted by Gasteiger charge is 2.44. The monoisotopic (exact) mass is 519 g/mol. The van der Waals surface area contributed by atoms with E-state index in [1.165, 1.54) is 23.9 Å². The van der Waals surface area contributed by atoms with Gasteiger partial charge in [-0.05, 0) is 51.0 Å². The van der Waals surface area contributed by atoms with Gasteiger partial charge in [0.25, 0.3) is 5.69 Å². The van der Waals surface area contributed by atoms with Crippen LogP contribution in [0.2, 0.25) is 0 Å². The molecule has 0 saturated heterocycles. The highest BCUT2D eigenvalue weighted by Crippen LogP contribution is 2.45. The molecule has 0 atom stereocenters. The van der Waals surface area contributed by atoms with Crippen molar-refractivity contribution in [3.8, 4) is 5.75 Å². The third-order valence-corrected chi connectivity index (χ3v) is 6.64. The number of ether oxygens (including phenoxy) is 1. The van der Waals surface area contributed by atoms with E-state index in [1.807, 2.05) is 6.92 Å². The fourth-order valence-electron chi connectivity index (χ4n) is 4.04. The number of nitrogens with two attached hydrogens (primary N) is 1. The van der Waals surface area contributed by atoms with E-state index in [0.717, 1.165) is 17.7 Å². The van der Waals surface area contributed by atoms with Crippen molar-refractivity contribution in [2.75, 3.05) is 5.84 Å². The average Bonchev–Trinajstić information content (AvgIpc) is 2.73. The summed E-state index contributed by atoms with van der Waals surface area (Å²) in [6, 6.07) is 11.7. The van der Waals surface area contributed by atoms with Gasteiger partial charge in [-0.2, -0.15) is 8.78 Å². The van der Waals surface area contributed by atoms with Gasteiger partial charge in [0.1, 0.15) is 15.9 Å². The number of aryl methyl sites for hydroxylation is 3. The standard InChI is InChI=1S/C15H12F2N3O3.C9H12O3S/c1-9-14(12-4-2-3-7-19(12)18)11-8-10(20(21)22)5-6-13(11)23-15(9,16)17;1-6-4-7(2)9(8(3)5-6)13(10,11)12/h2-8H,18H2,1H3;4-5H,1-3H3,(H,10,11,12)/q+1;/p-1. The number of alkyl halides is 2. The number of nitrogen functional groups attached to an aromatic ring is 1. The van der Waals surface area contributed by atoms with Crippen molar-refractivity contribution in [3.63, 3.8) is 0 Å². The Morgan fingerprint density at radius 2 is 1.64 bits per heavy atom. The number of hydrogen-bond acceptors (Lipinski definition) is 7.